The van der Waals surface area contributed by atoms with E-state index in [4.69, 9.17) is 11.6 Å². The first-order valence-corrected chi connectivity index (χ1v) is 6.51. The van der Waals surface area contributed by atoms with Crippen molar-refractivity contribution >= 4 is 23.5 Å². The largest absolute Gasteiger partial charge is 0.337 e. The number of nitrogens with zero attached hydrogens (tertiary/aromatic N) is 1. The fourth-order valence-corrected chi connectivity index (χ4v) is 2.14. The molecular weight excluding hydrogens is 242 g/mol. The summed E-state index contributed by atoms with van der Waals surface area (Å²) in [5, 5.41) is 4.76. The van der Waals surface area contributed by atoms with Crippen LogP contribution in [0.1, 0.15) is 25.7 Å². The summed E-state index contributed by atoms with van der Waals surface area (Å²) in [5.41, 5.74) is 0. The normalized spacial score (nSPS) is 16.2. The Morgan fingerprint density at radius 3 is 2.59 bits per heavy atom. The van der Waals surface area contributed by atoms with E-state index in [-0.39, 0.29) is 5.88 Å². The quantitative estimate of drug-likeness (QED) is 0.724. The maximum atomic E-state index is 11.2. The topological polar surface area (TPSA) is 61.4 Å². The van der Waals surface area contributed by atoms with Gasteiger partial charge in [-0.05, 0) is 19.9 Å². The summed E-state index contributed by atoms with van der Waals surface area (Å²) in [4.78, 5) is 24.3. The van der Waals surface area contributed by atoms with E-state index in [2.05, 4.69) is 22.6 Å². The van der Waals surface area contributed by atoms with Gasteiger partial charge in [0.05, 0.1) is 0 Å². The lowest BCUT2D eigenvalue weighted by molar-refractivity contribution is -0.117. The molecule has 0 aromatic rings. The van der Waals surface area contributed by atoms with Crippen molar-refractivity contribution in [3.63, 3.8) is 0 Å². The van der Waals surface area contributed by atoms with E-state index in [0.717, 1.165) is 6.54 Å². The first kappa shape index (κ1) is 14.3. The minimum Gasteiger partial charge on any atom is -0.337 e. The van der Waals surface area contributed by atoms with Gasteiger partial charge in [-0.2, -0.15) is 0 Å². The SMILES string of the molecule is CN(CCNC(=O)NC(=O)CCl)C1CCCC1. The zero-order valence-electron chi connectivity index (χ0n) is 10.2. The van der Waals surface area contributed by atoms with Gasteiger partial charge in [-0.25, -0.2) is 4.79 Å². The van der Waals surface area contributed by atoms with Crippen LogP contribution in [0.3, 0.4) is 0 Å². The van der Waals surface area contributed by atoms with E-state index >= 15 is 0 Å². The zero-order chi connectivity index (χ0) is 12.7. The highest BCUT2D eigenvalue weighted by atomic mass is 35.5. The van der Waals surface area contributed by atoms with Crippen LogP contribution in [0.25, 0.3) is 0 Å². The number of amides is 3. The maximum Gasteiger partial charge on any atom is 0.321 e. The van der Waals surface area contributed by atoms with Crippen LogP contribution in [-0.2, 0) is 4.79 Å². The minimum atomic E-state index is -0.478. The van der Waals surface area contributed by atoms with Gasteiger partial charge in [-0.3, -0.25) is 10.1 Å². The molecule has 0 saturated heterocycles. The van der Waals surface area contributed by atoms with Gasteiger partial charge in [0.15, 0.2) is 0 Å². The van der Waals surface area contributed by atoms with Crippen molar-refractivity contribution in [2.24, 2.45) is 0 Å². The average molecular weight is 262 g/mol. The molecule has 5 nitrogen and oxygen atoms in total. The highest BCUT2D eigenvalue weighted by Crippen LogP contribution is 2.21. The van der Waals surface area contributed by atoms with Crippen molar-refractivity contribution in [2.45, 2.75) is 31.7 Å². The van der Waals surface area contributed by atoms with Gasteiger partial charge >= 0.3 is 6.03 Å². The predicted octanol–water partition coefficient (Wildman–Crippen LogP) is 0.925. The van der Waals surface area contributed by atoms with Crippen LogP contribution < -0.4 is 10.6 Å². The summed E-state index contributed by atoms with van der Waals surface area (Å²) < 4.78 is 0. The van der Waals surface area contributed by atoms with Gasteiger partial charge in [0.25, 0.3) is 0 Å². The number of rotatable bonds is 5. The van der Waals surface area contributed by atoms with Crippen LogP contribution in [-0.4, -0.2) is 48.9 Å². The summed E-state index contributed by atoms with van der Waals surface area (Å²) in [7, 11) is 2.07. The maximum absolute atomic E-state index is 11.2. The van der Waals surface area contributed by atoms with Crippen molar-refractivity contribution in [2.75, 3.05) is 26.0 Å². The van der Waals surface area contributed by atoms with Crippen molar-refractivity contribution in [3.8, 4) is 0 Å². The van der Waals surface area contributed by atoms with E-state index in [0.29, 0.717) is 12.6 Å². The summed E-state index contributed by atoms with van der Waals surface area (Å²) in [6.07, 6.45) is 5.08. The van der Waals surface area contributed by atoms with E-state index in [1.54, 1.807) is 0 Å². The molecule has 1 fully saturated rings. The number of hydrogen-bond acceptors (Lipinski definition) is 3. The van der Waals surface area contributed by atoms with Gasteiger partial charge in [0.2, 0.25) is 5.91 Å². The number of carbonyl (C=O) groups excluding carboxylic acids is 2. The average Bonchev–Trinajstić information content (AvgIpc) is 2.82. The molecule has 0 aromatic carbocycles. The molecule has 0 unspecified atom stereocenters. The second kappa shape index (κ2) is 7.50. The molecule has 1 saturated carbocycles. The zero-order valence-corrected chi connectivity index (χ0v) is 10.9. The van der Waals surface area contributed by atoms with E-state index < -0.39 is 11.9 Å². The fourth-order valence-electron chi connectivity index (χ4n) is 2.08. The Morgan fingerprint density at radius 1 is 1.35 bits per heavy atom. The van der Waals surface area contributed by atoms with Crippen molar-refractivity contribution in [1.29, 1.82) is 0 Å². The molecule has 0 heterocycles. The molecule has 6 heteroatoms. The molecule has 17 heavy (non-hydrogen) atoms. The molecule has 3 amide bonds. The number of carbonyl (C=O) groups is 2. The van der Waals surface area contributed by atoms with E-state index in [1.807, 2.05) is 0 Å². The standard InChI is InChI=1S/C11H20ClN3O2/c1-15(9-4-2-3-5-9)7-6-13-11(17)14-10(16)8-12/h9H,2-8H2,1H3,(H2,13,14,16,17). The summed E-state index contributed by atoms with van der Waals surface area (Å²) in [6, 6.07) is 0.166. The van der Waals surface area contributed by atoms with Crippen molar-refractivity contribution in [3.05, 3.63) is 0 Å². The monoisotopic (exact) mass is 261 g/mol. The van der Waals surface area contributed by atoms with Crippen molar-refractivity contribution < 1.29 is 9.59 Å². The fraction of sp³-hybridized carbons (Fsp3) is 0.818. The molecule has 2 N–H and O–H groups in total. The molecule has 0 radical (unpaired) electrons. The number of hydrogen-bond donors (Lipinski definition) is 2. The molecule has 0 aromatic heterocycles. The Morgan fingerprint density at radius 2 is 2.00 bits per heavy atom. The predicted molar refractivity (Wildman–Crippen MR) is 67.1 cm³/mol. The molecule has 0 aliphatic heterocycles. The van der Waals surface area contributed by atoms with E-state index in [9.17, 15) is 9.59 Å². The Labute approximate surface area is 107 Å². The van der Waals surface area contributed by atoms with Crippen LogP contribution in [0.4, 0.5) is 4.79 Å². The Balaban J connectivity index is 2.10. The third-order valence-electron chi connectivity index (χ3n) is 3.07. The lowest BCUT2D eigenvalue weighted by atomic mass is 10.2. The van der Waals surface area contributed by atoms with Crippen LogP contribution in [0, 0.1) is 0 Å². The molecule has 1 aliphatic carbocycles. The van der Waals surface area contributed by atoms with Gasteiger partial charge < -0.3 is 10.2 Å². The lowest BCUT2D eigenvalue weighted by Gasteiger charge is -2.23. The second-order valence-corrected chi connectivity index (χ2v) is 4.62. The van der Waals surface area contributed by atoms with Crippen LogP contribution >= 0.6 is 11.6 Å². The molecular formula is C11H20ClN3O2. The third-order valence-corrected chi connectivity index (χ3v) is 3.32. The van der Waals surface area contributed by atoms with Crippen LogP contribution in [0.15, 0.2) is 0 Å². The number of halogens is 1. The molecule has 98 valence electrons. The molecule has 0 spiro atoms. The van der Waals surface area contributed by atoms with Crippen LogP contribution in [0.5, 0.6) is 0 Å². The highest BCUT2D eigenvalue weighted by molar-refractivity contribution is 6.28. The molecule has 0 bridgehead atoms. The lowest BCUT2D eigenvalue weighted by Crippen LogP contribution is -2.43. The number of imide groups is 1. The van der Waals surface area contributed by atoms with Crippen LogP contribution in [0.2, 0.25) is 0 Å². The molecule has 1 aliphatic rings. The third kappa shape index (κ3) is 5.37. The first-order chi connectivity index (χ1) is 8.13. The Hall–Kier alpha value is -0.810. The Kier molecular flexibility index (Phi) is 6.29. The smallest absolute Gasteiger partial charge is 0.321 e. The number of urea groups is 1. The van der Waals surface area contributed by atoms with Gasteiger partial charge in [-0.15, -0.1) is 11.6 Å². The number of nitrogens with one attached hydrogen (secondary N) is 2. The summed E-state index contributed by atoms with van der Waals surface area (Å²) >= 11 is 5.27. The molecule has 1 rings (SSSR count). The summed E-state index contributed by atoms with van der Waals surface area (Å²) in [5.74, 6) is -0.677. The minimum absolute atomic E-state index is 0.199. The second-order valence-electron chi connectivity index (χ2n) is 4.36. The van der Waals surface area contributed by atoms with Gasteiger partial charge in [-0.1, -0.05) is 12.8 Å². The van der Waals surface area contributed by atoms with Gasteiger partial charge in [0.1, 0.15) is 5.88 Å². The first-order valence-electron chi connectivity index (χ1n) is 5.97. The van der Waals surface area contributed by atoms with E-state index in [1.165, 1.54) is 25.7 Å². The highest BCUT2D eigenvalue weighted by Gasteiger charge is 2.18. The molecule has 0 atom stereocenters. The van der Waals surface area contributed by atoms with Crippen molar-refractivity contribution in [1.82, 2.24) is 15.5 Å². The summed E-state index contributed by atoms with van der Waals surface area (Å²) in [6.45, 7) is 1.33. The Bertz CT molecular complexity index is 267. The number of alkyl halides is 1. The number of likely N-dealkylation sites (N-methyl/N-ethyl adjacent to an activating group) is 1. The van der Waals surface area contributed by atoms with Gasteiger partial charge in [0, 0.05) is 19.1 Å².